The molecule has 0 N–H and O–H groups in total. The van der Waals surface area contributed by atoms with E-state index in [4.69, 9.17) is 0 Å². The predicted octanol–water partition coefficient (Wildman–Crippen LogP) is 9.76. The van der Waals surface area contributed by atoms with Crippen LogP contribution in [0.5, 0.6) is 0 Å². The molecule has 34 heavy (non-hydrogen) atoms. The number of hydrogen-bond acceptors (Lipinski definition) is 0. The van der Waals surface area contributed by atoms with Gasteiger partial charge >= 0.3 is 0 Å². The van der Waals surface area contributed by atoms with Gasteiger partial charge in [0.2, 0.25) is 0 Å². The smallest absolute Gasteiger partial charge is 0.00137 e. The van der Waals surface area contributed by atoms with Gasteiger partial charge in [0.05, 0.1) is 0 Å². The molecule has 0 saturated heterocycles. The molecule has 0 radical (unpaired) electrons. The van der Waals surface area contributed by atoms with Crippen LogP contribution in [0.2, 0.25) is 0 Å². The summed E-state index contributed by atoms with van der Waals surface area (Å²) in [6.07, 6.45) is 1.94. The molecule has 0 unspecified atom stereocenters. The van der Waals surface area contributed by atoms with E-state index in [2.05, 4.69) is 122 Å². The van der Waals surface area contributed by atoms with Gasteiger partial charge in [-0.3, -0.25) is 0 Å². The van der Waals surface area contributed by atoms with E-state index in [-0.39, 0.29) is 0 Å². The second-order valence-electron chi connectivity index (χ2n) is 8.98. The van der Waals surface area contributed by atoms with Crippen LogP contribution in [0.4, 0.5) is 0 Å². The lowest BCUT2D eigenvalue weighted by molar-refractivity contribution is 1.65. The molecule has 0 saturated carbocycles. The van der Waals surface area contributed by atoms with E-state index in [0.29, 0.717) is 0 Å². The van der Waals surface area contributed by atoms with E-state index in [9.17, 15) is 0 Å². The number of hydrogen-bond donors (Lipinski definition) is 0. The maximum atomic E-state index is 4.04. The molecule has 0 bridgehead atoms. The minimum Gasteiger partial charge on any atom is -0.0985 e. The first kappa shape index (κ1) is 19.1. The molecule has 0 aliphatic rings. The third-order valence-corrected chi connectivity index (χ3v) is 7.17. The van der Waals surface area contributed by atoms with Crippen LogP contribution in [0.1, 0.15) is 5.56 Å². The van der Waals surface area contributed by atoms with E-state index in [1.54, 1.807) is 0 Å². The van der Waals surface area contributed by atoms with Crippen molar-refractivity contribution in [2.45, 2.75) is 0 Å². The molecule has 0 amide bonds. The van der Waals surface area contributed by atoms with E-state index in [1.807, 2.05) is 6.08 Å². The monoisotopic (exact) mass is 430 g/mol. The molecule has 0 aliphatic carbocycles. The minimum atomic E-state index is 1.14. The normalized spacial score (nSPS) is 11.6. The van der Waals surface area contributed by atoms with E-state index in [0.717, 1.165) is 5.56 Å². The van der Waals surface area contributed by atoms with E-state index in [1.165, 1.54) is 65.0 Å². The van der Waals surface area contributed by atoms with Crippen molar-refractivity contribution < 1.29 is 0 Å². The molecule has 0 fully saturated rings. The van der Waals surface area contributed by atoms with Gasteiger partial charge in [-0.25, -0.2) is 0 Å². The van der Waals surface area contributed by atoms with Gasteiger partial charge in [-0.05, 0) is 82.7 Å². The average molecular weight is 431 g/mol. The molecule has 7 aromatic carbocycles. The lowest BCUT2D eigenvalue weighted by Gasteiger charge is -2.17. The van der Waals surface area contributed by atoms with Crippen LogP contribution >= 0.6 is 0 Å². The van der Waals surface area contributed by atoms with Gasteiger partial charge in [0.1, 0.15) is 0 Å². The first-order chi connectivity index (χ1) is 16.8. The maximum Gasteiger partial charge on any atom is -0.00137 e. The van der Waals surface area contributed by atoms with Crippen molar-refractivity contribution in [1.82, 2.24) is 0 Å². The Balaban J connectivity index is 1.82. The molecule has 0 aromatic heterocycles. The van der Waals surface area contributed by atoms with Gasteiger partial charge in [0.25, 0.3) is 0 Å². The quantitative estimate of drug-likeness (QED) is 0.239. The Labute approximate surface area is 198 Å². The van der Waals surface area contributed by atoms with Crippen LogP contribution in [0, 0.1) is 0 Å². The van der Waals surface area contributed by atoms with E-state index >= 15 is 0 Å². The Kier molecular flexibility index (Phi) is 4.10. The summed E-state index contributed by atoms with van der Waals surface area (Å²) in [5.74, 6) is 0. The van der Waals surface area contributed by atoms with Crippen molar-refractivity contribution in [2.24, 2.45) is 0 Å². The van der Waals surface area contributed by atoms with Gasteiger partial charge in [0.15, 0.2) is 0 Å². The summed E-state index contributed by atoms with van der Waals surface area (Å²) in [6, 6.07) is 42.0. The van der Waals surface area contributed by atoms with Crippen LogP contribution < -0.4 is 0 Å². The van der Waals surface area contributed by atoms with Gasteiger partial charge < -0.3 is 0 Å². The first-order valence-electron chi connectivity index (χ1n) is 11.7. The summed E-state index contributed by atoms with van der Waals surface area (Å²) < 4.78 is 0. The molecule has 7 aromatic rings. The van der Waals surface area contributed by atoms with Crippen LogP contribution in [0.25, 0.3) is 71.1 Å². The summed E-state index contributed by atoms with van der Waals surface area (Å²) in [7, 11) is 0. The van der Waals surface area contributed by atoms with Gasteiger partial charge in [-0.15, -0.1) is 0 Å². The molecule has 0 nitrogen and oxygen atoms in total. The summed E-state index contributed by atoms with van der Waals surface area (Å²) in [6.45, 7) is 4.04. The second kappa shape index (κ2) is 7.30. The van der Waals surface area contributed by atoms with Crippen LogP contribution in [-0.4, -0.2) is 0 Å². The van der Waals surface area contributed by atoms with Gasteiger partial charge in [-0.1, -0.05) is 116 Å². The minimum absolute atomic E-state index is 1.14. The van der Waals surface area contributed by atoms with Crippen molar-refractivity contribution in [3.8, 4) is 11.1 Å². The molecular weight excluding hydrogens is 408 g/mol. The molecule has 0 spiro atoms. The Bertz CT molecular complexity index is 1910. The topological polar surface area (TPSA) is 0 Å². The molecule has 0 heterocycles. The van der Waals surface area contributed by atoms with Crippen molar-refractivity contribution >= 4 is 59.9 Å². The molecule has 0 atom stereocenters. The average Bonchev–Trinajstić information content (AvgIpc) is 2.92. The third-order valence-electron chi connectivity index (χ3n) is 7.17. The zero-order valence-corrected chi connectivity index (χ0v) is 18.8. The fourth-order valence-corrected chi connectivity index (χ4v) is 5.63. The van der Waals surface area contributed by atoms with Crippen LogP contribution in [0.15, 0.2) is 122 Å². The second-order valence-corrected chi connectivity index (χ2v) is 8.98. The highest BCUT2D eigenvalue weighted by molar-refractivity contribution is 6.39. The fourth-order valence-electron chi connectivity index (χ4n) is 5.63. The van der Waals surface area contributed by atoms with Gasteiger partial charge in [-0.2, -0.15) is 0 Å². The Morgan fingerprint density at radius 1 is 0.382 bits per heavy atom. The van der Waals surface area contributed by atoms with Gasteiger partial charge in [0, 0.05) is 0 Å². The molecule has 0 aliphatic heterocycles. The predicted molar refractivity (Wildman–Crippen MR) is 149 cm³/mol. The zero-order chi connectivity index (χ0) is 22.6. The largest absolute Gasteiger partial charge is 0.0985 e. The van der Waals surface area contributed by atoms with Crippen LogP contribution in [0.3, 0.4) is 0 Å². The lowest BCUT2D eigenvalue weighted by atomic mass is 9.86. The standard InChI is InChI=1S/C34H22/c1-2-22-16-18-27-28-19-17-24(23-10-4-3-5-11-23)21-32(28)34-30-15-9-7-13-26(30)25-12-6-8-14-29(25)33(34)31(27)20-22/h2-21H,1H2. The van der Waals surface area contributed by atoms with E-state index < -0.39 is 0 Å². The summed E-state index contributed by atoms with van der Waals surface area (Å²) >= 11 is 0. The third kappa shape index (κ3) is 2.66. The Morgan fingerprint density at radius 3 is 1.50 bits per heavy atom. The molecular formula is C34H22. The molecule has 7 rings (SSSR count). The molecule has 0 heteroatoms. The summed E-state index contributed by atoms with van der Waals surface area (Å²) in [5, 5.41) is 13.0. The van der Waals surface area contributed by atoms with Crippen LogP contribution in [-0.2, 0) is 0 Å². The fraction of sp³-hybridized carbons (Fsp3) is 0. The first-order valence-corrected chi connectivity index (χ1v) is 11.7. The SMILES string of the molecule is C=Cc1ccc2c3ccc(-c4ccccc4)cc3c3c4ccccc4c4ccccc4c3c2c1. The van der Waals surface area contributed by atoms with Crippen molar-refractivity contribution in [3.63, 3.8) is 0 Å². The van der Waals surface area contributed by atoms with Crippen molar-refractivity contribution in [2.75, 3.05) is 0 Å². The maximum absolute atomic E-state index is 4.04. The number of benzene rings is 7. The van der Waals surface area contributed by atoms with Crippen molar-refractivity contribution in [3.05, 3.63) is 127 Å². The summed E-state index contributed by atoms with van der Waals surface area (Å²) in [5.41, 5.74) is 3.63. The number of rotatable bonds is 2. The highest BCUT2D eigenvalue weighted by Gasteiger charge is 2.16. The molecule has 158 valence electrons. The zero-order valence-electron chi connectivity index (χ0n) is 18.8. The summed E-state index contributed by atoms with van der Waals surface area (Å²) in [4.78, 5) is 0. The number of fused-ring (bicyclic) bond motifs is 11. The van der Waals surface area contributed by atoms with Crippen molar-refractivity contribution in [1.29, 1.82) is 0 Å². The highest BCUT2D eigenvalue weighted by Crippen LogP contribution is 2.44. The highest BCUT2D eigenvalue weighted by atomic mass is 14.2. The Hall–Kier alpha value is -4.42. The Morgan fingerprint density at radius 2 is 0.882 bits per heavy atom. The lowest BCUT2D eigenvalue weighted by Crippen LogP contribution is -1.89.